The molecule has 0 saturated heterocycles. The quantitative estimate of drug-likeness (QED) is 0.0161. The van der Waals surface area contributed by atoms with E-state index in [-0.39, 0.29) is 0 Å². The minimum Gasteiger partial charge on any atom is -0.301 e. The van der Waals surface area contributed by atoms with E-state index in [1.54, 1.807) is 166 Å². The lowest BCUT2D eigenvalue weighted by Crippen LogP contribution is -2.33. The van der Waals surface area contributed by atoms with Gasteiger partial charge in [0.05, 0.1) is 22.1 Å². The van der Waals surface area contributed by atoms with Gasteiger partial charge < -0.3 is 4.40 Å². The molecule has 0 bridgehead atoms. The first-order valence-electron chi connectivity index (χ1n) is 43.4. The van der Waals surface area contributed by atoms with Gasteiger partial charge in [-0.15, -0.1) is 8.80 Å². The lowest BCUT2D eigenvalue weighted by atomic mass is 9.93. The van der Waals surface area contributed by atoms with Crippen molar-refractivity contribution >= 4 is 111 Å². The number of fused-ring (bicyclic) bond motifs is 9. The summed E-state index contributed by atoms with van der Waals surface area (Å²) >= 11 is 2.24. The van der Waals surface area contributed by atoms with Crippen LogP contribution in [0, 0.1) is 0 Å². The average Bonchev–Trinajstić information content (AvgIpc) is 1.47. The standard InChI is InChI=1S/C92H134N6S/c1-11-21-31-41-51-63-64(52-42-32-22-12-2)76-78-66(54-44-34-24-14-4)68(56-46-36-26-16-6)80-82-70(58-48-38-28-18-8)72(60-50-40-30-20-10)84-86-74-62-99-61-73(74)85-83-71(59-49-39-29-19-9)69(57-47-37-27-17-7)81-79-67(55-45-35-25-15-5)65(53-43-33-23-13-3)77-75(63)93(76)87-88(94(77)79)90(96(81)83)92(98(85)86)91(97(82)84)89(87)95(78)80/h11-62H2,1-10H3/q+2. The van der Waals surface area contributed by atoms with Gasteiger partial charge in [0, 0.05) is 33.8 Å². The van der Waals surface area contributed by atoms with Gasteiger partial charge in [-0.2, -0.15) is 11.8 Å². The molecule has 536 valence electrons. The van der Waals surface area contributed by atoms with Gasteiger partial charge in [0.2, 0.25) is 22.1 Å². The molecule has 0 atom stereocenters. The number of hydrogen-bond donors (Lipinski definition) is 0. The van der Waals surface area contributed by atoms with Crippen LogP contribution >= 0.6 is 11.8 Å². The van der Waals surface area contributed by atoms with Gasteiger partial charge in [-0.1, -0.05) is 262 Å². The van der Waals surface area contributed by atoms with Crippen molar-refractivity contribution in [2.75, 3.05) is 0 Å². The largest absolute Gasteiger partial charge is 0.301 e. The Kier molecular flexibility index (Phi) is 23.4. The average molecular weight is 1360 g/mol. The maximum atomic E-state index is 3.20. The molecule has 0 unspecified atom stereocenters. The molecular weight excluding hydrogens is 1220 g/mol. The molecule has 1 aromatic carbocycles. The first-order chi connectivity index (χ1) is 49.0. The molecule has 12 aromatic heterocycles. The second-order valence-corrected chi connectivity index (χ2v) is 33.6. The minimum atomic E-state index is 1.12. The molecule has 7 heteroatoms. The van der Waals surface area contributed by atoms with E-state index < -0.39 is 0 Å². The molecule has 0 amide bonds. The zero-order valence-electron chi connectivity index (χ0n) is 64.9. The highest BCUT2D eigenvalue weighted by molar-refractivity contribution is 7.98. The highest BCUT2D eigenvalue weighted by Crippen LogP contribution is 2.55. The van der Waals surface area contributed by atoms with Crippen molar-refractivity contribution in [1.82, 2.24) is 17.6 Å². The van der Waals surface area contributed by atoms with E-state index in [1.807, 2.05) is 0 Å². The monoisotopic (exact) mass is 1360 g/mol. The summed E-state index contributed by atoms with van der Waals surface area (Å²) in [5.41, 5.74) is 50.1. The second-order valence-electron chi connectivity index (χ2n) is 32.6. The van der Waals surface area contributed by atoms with Gasteiger partial charge in [0.1, 0.15) is 38.6 Å². The minimum absolute atomic E-state index is 1.12. The fraction of sp³-hybridized carbons (Fsp3) is 0.674. The van der Waals surface area contributed by atoms with E-state index in [4.69, 9.17) is 0 Å². The summed E-state index contributed by atoms with van der Waals surface area (Å²) in [7, 11) is 0. The number of aromatic nitrogens is 6. The zero-order valence-corrected chi connectivity index (χ0v) is 65.7. The first-order valence-corrected chi connectivity index (χ1v) is 44.6. The molecule has 1 aliphatic heterocycles. The molecule has 6 nitrogen and oxygen atoms in total. The summed E-state index contributed by atoms with van der Waals surface area (Å²) in [5, 5.41) is 0. The van der Waals surface area contributed by atoms with Gasteiger partial charge >= 0.3 is 0 Å². The Balaban J connectivity index is 1.31. The summed E-state index contributed by atoms with van der Waals surface area (Å²) in [4.78, 5) is 0. The Bertz CT molecular complexity index is 4400. The number of aryl methyl sites for hydroxylation is 10. The van der Waals surface area contributed by atoms with Crippen molar-refractivity contribution in [3.63, 3.8) is 0 Å². The maximum absolute atomic E-state index is 3.20. The maximum Gasteiger partial charge on any atom is 0.269 e. The van der Waals surface area contributed by atoms with Crippen LogP contribution in [-0.4, -0.2) is 17.6 Å². The third-order valence-electron chi connectivity index (χ3n) is 25.6. The topological polar surface area (TPSA) is 25.8 Å². The van der Waals surface area contributed by atoms with E-state index in [2.05, 4.69) is 107 Å². The van der Waals surface area contributed by atoms with Crippen LogP contribution in [0.5, 0.6) is 0 Å². The molecule has 0 fully saturated rings. The van der Waals surface area contributed by atoms with Gasteiger partial charge in [-0.25, -0.2) is 0 Å². The highest BCUT2D eigenvalue weighted by Gasteiger charge is 2.49. The number of rotatable bonds is 50. The second kappa shape index (κ2) is 32.5. The molecule has 99 heavy (non-hydrogen) atoms. The number of benzene rings is 1. The van der Waals surface area contributed by atoms with Crippen LogP contribution in [0.1, 0.15) is 393 Å². The van der Waals surface area contributed by atoms with Crippen molar-refractivity contribution in [3.8, 4) is 0 Å². The Labute approximate surface area is 602 Å². The predicted molar refractivity (Wildman–Crippen MR) is 433 cm³/mol. The molecule has 0 spiro atoms. The molecule has 14 rings (SSSR count). The molecule has 0 aliphatic carbocycles. The van der Waals surface area contributed by atoms with E-state index in [0.717, 1.165) is 11.5 Å². The molecule has 0 N–H and O–H groups in total. The van der Waals surface area contributed by atoms with Crippen molar-refractivity contribution in [2.45, 2.75) is 402 Å². The number of thioether (sulfide) groups is 1. The molecule has 0 radical (unpaired) electrons. The van der Waals surface area contributed by atoms with Crippen LogP contribution < -0.4 is 8.80 Å². The van der Waals surface area contributed by atoms with Crippen LogP contribution in [0.25, 0.3) is 99.3 Å². The molecule has 13 aromatic rings. The number of hydrogen-bond acceptors (Lipinski definition) is 1. The third kappa shape index (κ3) is 12.1. The van der Waals surface area contributed by atoms with Crippen LogP contribution in [0.4, 0.5) is 0 Å². The number of unbranched alkanes of at least 4 members (excludes halogenated alkanes) is 30. The fourth-order valence-corrected chi connectivity index (χ4v) is 22.0. The van der Waals surface area contributed by atoms with Gasteiger partial charge in [0.15, 0.2) is 5.52 Å². The van der Waals surface area contributed by atoms with Gasteiger partial charge in [-0.3, -0.25) is 13.2 Å². The lowest BCUT2D eigenvalue weighted by molar-refractivity contribution is -0.452. The Morgan fingerprint density at radius 1 is 0.192 bits per heavy atom. The fourth-order valence-electron chi connectivity index (χ4n) is 20.8. The van der Waals surface area contributed by atoms with E-state index in [1.165, 1.54) is 321 Å². The van der Waals surface area contributed by atoms with Crippen molar-refractivity contribution in [1.29, 1.82) is 0 Å². The smallest absolute Gasteiger partial charge is 0.269 e. The molecule has 1 aliphatic rings. The molecule has 13 heterocycles. The summed E-state index contributed by atoms with van der Waals surface area (Å²) in [6.45, 7) is 24.4. The Morgan fingerprint density at radius 3 is 0.646 bits per heavy atom. The predicted octanol–water partition coefficient (Wildman–Crippen LogP) is 27.1. The van der Waals surface area contributed by atoms with Gasteiger partial charge in [0.25, 0.3) is 11.0 Å². The SMILES string of the molecule is CCCCCCc1c(CCCCCC)c2c3c(CCCCCC)c(CCCCCC)c4c5c6c(c7c8c(CCCCCC)c(CCCCCC)c9c%10c(CCCCCC)c(CCCCCC)c%11c%12c(CCCCCC)c(CCCCCC)c%13c1n2c1c(c(c(c(c1n34)[n+]57)n98)[n+]%11%10)n%13%12)CSC6. The van der Waals surface area contributed by atoms with Crippen molar-refractivity contribution in [2.24, 2.45) is 0 Å². The Hall–Kier alpha value is -4.75. The van der Waals surface area contributed by atoms with Crippen LogP contribution in [-0.2, 0) is 75.7 Å². The van der Waals surface area contributed by atoms with Gasteiger partial charge in [-0.05, 0) is 173 Å². The summed E-state index contributed by atoms with van der Waals surface area (Å²) in [6.07, 6.45) is 63.8. The van der Waals surface area contributed by atoms with E-state index >= 15 is 0 Å². The first kappa shape index (κ1) is 71.2. The lowest BCUT2D eigenvalue weighted by Gasteiger charge is -2.21. The summed E-state index contributed by atoms with van der Waals surface area (Å²) < 4.78 is 19.1. The normalized spacial score (nSPS) is 13.6. The zero-order chi connectivity index (χ0) is 68.3. The Morgan fingerprint density at radius 2 is 0.394 bits per heavy atom. The van der Waals surface area contributed by atoms with Crippen LogP contribution in [0.2, 0.25) is 0 Å². The van der Waals surface area contributed by atoms with E-state index in [9.17, 15) is 0 Å². The number of nitrogens with zero attached hydrogens (tertiary/aromatic N) is 6. The molecular formula is C92H134N6S+2. The van der Waals surface area contributed by atoms with Crippen molar-refractivity contribution < 1.29 is 8.80 Å². The van der Waals surface area contributed by atoms with Crippen LogP contribution in [0.15, 0.2) is 0 Å². The third-order valence-corrected chi connectivity index (χ3v) is 26.6. The van der Waals surface area contributed by atoms with E-state index in [0.29, 0.717) is 0 Å². The summed E-state index contributed by atoms with van der Waals surface area (Å²) in [5.74, 6) is 2.24. The highest BCUT2D eigenvalue weighted by atomic mass is 32.2. The van der Waals surface area contributed by atoms with Crippen molar-refractivity contribution in [3.05, 3.63) is 66.8 Å². The molecule has 0 saturated carbocycles. The summed E-state index contributed by atoms with van der Waals surface area (Å²) in [6, 6.07) is 0. The van der Waals surface area contributed by atoms with Crippen LogP contribution in [0.3, 0.4) is 0 Å².